The zero-order chi connectivity index (χ0) is 47.6. The van der Waals surface area contributed by atoms with Crippen LogP contribution in [0.15, 0.2) is 81.6 Å². The van der Waals surface area contributed by atoms with Gasteiger partial charge in [-0.3, -0.25) is 19.0 Å². The van der Waals surface area contributed by atoms with Crippen molar-refractivity contribution in [2.75, 3.05) is 19.6 Å². The number of amides is 2. The minimum atomic E-state index is -0.820. The van der Waals surface area contributed by atoms with Crippen molar-refractivity contribution in [3.63, 3.8) is 0 Å². The largest absolute Gasteiger partial charge is 0.472 e. The van der Waals surface area contributed by atoms with Gasteiger partial charge >= 0.3 is 0 Å². The third-order valence-corrected chi connectivity index (χ3v) is 16.5. The molecule has 13 nitrogen and oxygen atoms in total. The molecular weight excluding hydrogens is 898 g/mol. The molecule has 3 fully saturated rings. The van der Waals surface area contributed by atoms with E-state index >= 15 is 0 Å². The van der Waals surface area contributed by atoms with Crippen LogP contribution in [-0.4, -0.2) is 90.3 Å². The number of nitrogens with one attached hydrogen (secondary N) is 1. The molecule has 4 aliphatic rings. The van der Waals surface area contributed by atoms with Crippen LogP contribution in [0.3, 0.4) is 0 Å². The molecule has 3 aliphatic heterocycles. The van der Waals surface area contributed by atoms with Crippen molar-refractivity contribution >= 4 is 45.7 Å². The summed E-state index contributed by atoms with van der Waals surface area (Å²) in [5.41, 5.74) is 8.50. The molecule has 0 unspecified atom stereocenters. The first kappa shape index (κ1) is 46.3. The lowest BCUT2D eigenvalue weighted by Gasteiger charge is -2.40. The number of β-amino-alcohol motifs (C(OH)–C–C–N with tert-alkyl or cyclic N) is 1. The number of thiazole rings is 1. The van der Waals surface area contributed by atoms with Crippen LogP contribution in [0.25, 0.3) is 27.0 Å². The summed E-state index contributed by atoms with van der Waals surface area (Å²) in [5, 5.41) is 19.0. The highest BCUT2D eigenvalue weighted by atomic mass is 35.5. The molecular formula is C53H60ClN7O6S. The van der Waals surface area contributed by atoms with E-state index in [9.17, 15) is 19.5 Å². The molecule has 68 heavy (non-hydrogen) atoms. The van der Waals surface area contributed by atoms with Crippen LogP contribution in [-0.2, 0) is 15.0 Å². The quantitative estimate of drug-likeness (QED) is 0.128. The molecule has 2 saturated heterocycles. The Kier molecular flexibility index (Phi) is 12.6. The van der Waals surface area contributed by atoms with E-state index in [0.717, 1.165) is 90.3 Å². The lowest BCUT2D eigenvalue weighted by molar-refractivity contribution is -0.141. The Hall–Kier alpha value is -5.41. The number of likely N-dealkylation sites (tertiary alicyclic amines) is 2. The number of halogens is 1. The SMILES string of the molecule is Cc1ncsc1-c1ccc([C@H](C)NC(=O)[C@@H]2C[C@@H](O)CN2C(=O)[C@@H](c2cc(OC3CCC(N4CCC(c5ccc6c(c5)C(C)(C)c5nc(=O)c7c(Cl)cccc7n5-6)CC4)CC3)no2)C(C)C)cc1. The minimum Gasteiger partial charge on any atom is -0.472 e. The lowest BCUT2D eigenvalue weighted by Crippen LogP contribution is -2.48. The number of carbonyl (C=O) groups is 2. The van der Waals surface area contributed by atoms with Crippen molar-refractivity contribution in [3.8, 4) is 22.0 Å². The average Bonchev–Trinajstić information content (AvgIpc) is 4.12. The molecule has 356 valence electrons. The predicted octanol–water partition coefficient (Wildman–Crippen LogP) is 9.25. The van der Waals surface area contributed by atoms with E-state index in [1.165, 1.54) is 16.0 Å². The summed E-state index contributed by atoms with van der Waals surface area (Å²) in [7, 11) is 0. The molecule has 15 heteroatoms. The van der Waals surface area contributed by atoms with Crippen LogP contribution >= 0.6 is 22.9 Å². The summed E-state index contributed by atoms with van der Waals surface area (Å²) in [4.78, 5) is 55.4. The molecule has 6 aromatic rings. The number of fused-ring (bicyclic) bond motifs is 5. The van der Waals surface area contributed by atoms with Gasteiger partial charge < -0.3 is 29.5 Å². The summed E-state index contributed by atoms with van der Waals surface area (Å²) in [5.74, 6) is 0.507. The van der Waals surface area contributed by atoms with E-state index in [0.29, 0.717) is 34.0 Å². The third-order valence-electron chi connectivity index (χ3n) is 15.2. The summed E-state index contributed by atoms with van der Waals surface area (Å²) < 4.78 is 14.3. The Morgan fingerprint density at radius 3 is 2.44 bits per heavy atom. The van der Waals surface area contributed by atoms with Crippen molar-refractivity contribution in [3.05, 3.63) is 122 Å². The van der Waals surface area contributed by atoms with Gasteiger partial charge in [-0.15, -0.1) is 11.3 Å². The Morgan fingerprint density at radius 1 is 0.985 bits per heavy atom. The Balaban J connectivity index is 0.725. The Morgan fingerprint density at radius 2 is 1.74 bits per heavy atom. The number of nitrogens with zero attached hydrogens (tertiary/aromatic N) is 6. The van der Waals surface area contributed by atoms with Crippen molar-refractivity contribution in [1.82, 2.24) is 34.8 Å². The van der Waals surface area contributed by atoms with E-state index < -0.39 is 23.5 Å². The third kappa shape index (κ3) is 8.55. The number of hydrogen-bond donors (Lipinski definition) is 2. The van der Waals surface area contributed by atoms with E-state index in [-0.39, 0.29) is 48.4 Å². The lowest BCUT2D eigenvalue weighted by atomic mass is 9.81. The molecule has 0 radical (unpaired) electrons. The monoisotopic (exact) mass is 957 g/mol. The number of aryl methyl sites for hydroxylation is 1. The highest BCUT2D eigenvalue weighted by Crippen LogP contribution is 2.45. The van der Waals surface area contributed by atoms with Crippen molar-refractivity contribution in [2.24, 2.45) is 5.92 Å². The molecule has 4 atom stereocenters. The molecule has 0 bridgehead atoms. The maximum atomic E-state index is 14.3. The van der Waals surface area contributed by atoms with Gasteiger partial charge in [0.05, 0.1) is 55.3 Å². The number of carbonyl (C=O) groups excluding carboxylic acids is 2. The fraction of sp³-hybridized carbons (Fsp3) is 0.472. The number of hydrogen-bond acceptors (Lipinski definition) is 11. The van der Waals surface area contributed by atoms with E-state index in [1.54, 1.807) is 23.5 Å². The van der Waals surface area contributed by atoms with Crippen LogP contribution in [0.4, 0.5) is 0 Å². The first-order chi connectivity index (χ1) is 32.7. The first-order valence-electron chi connectivity index (χ1n) is 24.2. The number of piperidine rings is 1. The van der Waals surface area contributed by atoms with Gasteiger partial charge in [-0.05, 0) is 137 Å². The van der Waals surface area contributed by atoms with Crippen LogP contribution < -0.4 is 15.6 Å². The van der Waals surface area contributed by atoms with Gasteiger partial charge in [-0.2, -0.15) is 4.98 Å². The second-order valence-electron chi connectivity index (χ2n) is 20.3. The summed E-state index contributed by atoms with van der Waals surface area (Å²) in [6.45, 7) is 14.2. The smallest absolute Gasteiger partial charge is 0.282 e. The number of rotatable bonds is 11. The maximum absolute atomic E-state index is 14.3. The van der Waals surface area contributed by atoms with Gasteiger partial charge in [0.15, 0.2) is 5.76 Å². The van der Waals surface area contributed by atoms with E-state index in [4.69, 9.17) is 20.9 Å². The standard InChI is InChI=1S/C53H60ClN7O6S/c1-29(2)46(51(65)60-27-37(62)25-43(60)49(63)56-30(3)32-10-12-34(13-11-32)48-31(4)55-28-68-48)44-26-45(58-67-44)66-38-17-15-36(16-18-38)59-22-20-33(21-23-59)35-14-19-41-39(24-35)53(5,6)52-57-50(64)47-40(54)8-7-9-42(47)61(41)52/h7-14,19,24,26,28-30,33,36-38,43,46,62H,15-18,20-23,25,27H2,1-6H3,(H,56,63)/t30-,36?,37+,38?,43-,46+/m0/s1. The minimum absolute atomic E-state index is 0.0103. The number of aliphatic hydroxyl groups is 1. The molecule has 0 spiro atoms. The Labute approximate surface area is 405 Å². The molecule has 3 aromatic heterocycles. The van der Waals surface area contributed by atoms with Crippen molar-refractivity contribution in [2.45, 2.75) is 134 Å². The number of aromatic nitrogens is 4. The van der Waals surface area contributed by atoms with E-state index in [1.807, 2.05) is 69.6 Å². The first-order valence-corrected chi connectivity index (χ1v) is 25.4. The average molecular weight is 959 g/mol. The van der Waals surface area contributed by atoms with Gasteiger partial charge in [-0.1, -0.05) is 67.9 Å². The zero-order valence-electron chi connectivity index (χ0n) is 39.6. The number of ether oxygens (including phenoxy) is 1. The molecule has 10 rings (SSSR count). The van der Waals surface area contributed by atoms with Gasteiger partial charge in [0, 0.05) is 25.1 Å². The zero-order valence-corrected chi connectivity index (χ0v) is 41.1. The maximum Gasteiger partial charge on any atom is 0.282 e. The second kappa shape index (κ2) is 18.5. The molecule has 1 aliphatic carbocycles. The highest BCUT2D eigenvalue weighted by Gasteiger charge is 2.44. The van der Waals surface area contributed by atoms with Crippen molar-refractivity contribution in [1.29, 1.82) is 0 Å². The molecule has 6 heterocycles. The van der Waals surface area contributed by atoms with Gasteiger partial charge in [0.1, 0.15) is 23.9 Å². The number of aliphatic hydroxyl groups excluding tert-OH is 1. The van der Waals surface area contributed by atoms with Crippen LogP contribution in [0, 0.1) is 12.8 Å². The van der Waals surface area contributed by atoms with Crippen molar-refractivity contribution < 1.29 is 24.0 Å². The molecule has 2 N–H and O–H groups in total. The summed E-state index contributed by atoms with van der Waals surface area (Å²) in [6, 6.07) is 21.6. The van der Waals surface area contributed by atoms with Gasteiger partial charge in [0.2, 0.25) is 11.8 Å². The van der Waals surface area contributed by atoms with Crippen LogP contribution in [0.5, 0.6) is 5.88 Å². The van der Waals surface area contributed by atoms with Gasteiger partial charge in [-0.25, -0.2) is 4.98 Å². The van der Waals surface area contributed by atoms with E-state index in [2.05, 4.69) is 62.0 Å². The molecule has 3 aromatic carbocycles. The molecule has 1 saturated carbocycles. The number of benzene rings is 3. The predicted molar refractivity (Wildman–Crippen MR) is 264 cm³/mol. The normalized spacial score (nSPS) is 22.6. The second-order valence-corrected chi connectivity index (χ2v) is 21.5. The van der Waals surface area contributed by atoms with Crippen LogP contribution in [0.1, 0.15) is 131 Å². The molecule has 2 amide bonds. The fourth-order valence-electron chi connectivity index (χ4n) is 11.4. The van der Waals surface area contributed by atoms with Crippen LogP contribution in [0.2, 0.25) is 5.02 Å². The fourth-order valence-corrected chi connectivity index (χ4v) is 12.5. The summed E-state index contributed by atoms with van der Waals surface area (Å²) >= 11 is 8.09. The topological polar surface area (TPSA) is 156 Å². The highest BCUT2D eigenvalue weighted by molar-refractivity contribution is 7.13. The Bertz CT molecular complexity index is 2910. The summed E-state index contributed by atoms with van der Waals surface area (Å²) in [6.07, 6.45) is 5.34. The van der Waals surface area contributed by atoms with Gasteiger partial charge in [0.25, 0.3) is 11.4 Å².